The van der Waals surface area contributed by atoms with Gasteiger partial charge in [-0.05, 0) is 25.1 Å². The molecule has 1 aromatic rings. The van der Waals surface area contributed by atoms with E-state index in [1.165, 1.54) is 13.0 Å². The Morgan fingerprint density at radius 2 is 2.15 bits per heavy atom. The van der Waals surface area contributed by atoms with Gasteiger partial charge < -0.3 is 0 Å². The van der Waals surface area contributed by atoms with E-state index in [4.69, 9.17) is 23.2 Å². The summed E-state index contributed by atoms with van der Waals surface area (Å²) in [5.41, 5.74) is 3.10. The molecule has 2 rings (SSSR count). The third-order valence-corrected chi connectivity index (χ3v) is 3.21. The van der Waals surface area contributed by atoms with Gasteiger partial charge in [0.05, 0.1) is 10.7 Å². The molecule has 1 unspecified atom stereocenters. The predicted octanol–water partition coefficient (Wildman–Crippen LogP) is 3.02. The van der Waals surface area contributed by atoms with Crippen LogP contribution in [-0.4, -0.2) is 34.9 Å². The van der Waals surface area contributed by atoms with Gasteiger partial charge in [-0.25, -0.2) is 0 Å². The first-order valence-electron chi connectivity index (χ1n) is 5.52. The number of hydrazine groups is 1. The Morgan fingerprint density at radius 1 is 1.45 bits per heavy atom. The Kier molecular flexibility index (Phi) is 4.29. The molecule has 0 fully saturated rings. The molecule has 20 heavy (non-hydrogen) atoms. The Hall–Kier alpha value is -1.60. The number of carbonyl (C=O) groups is 1. The number of halogens is 4. The smallest absolute Gasteiger partial charge is 0.299 e. The van der Waals surface area contributed by atoms with Crippen molar-refractivity contribution >= 4 is 41.0 Å². The number of benzene rings is 1. The molecule has 0 aromatic heterocycles. The SMILES string of the molecule is CC1=NN(Nc2ccc(Cl)cc2Cl)C(C=O)N1C(F)F. The second-order valence-electron chi connectivity index (χ2n) is 3.96. The third kappa shape index (κ3) is 2.78. The minimum atomic E-state index is -2.83. The van der Waals surface area contributed by atoms with Crippen LogP contribution in [0.1, 0.15) is 6.92 Å². The lowest BCUT2D eigenvalue weighted by Crippen LogP contribution is -2.47. The summed E-state index contributed by atoms with van der Waals surface area (Å²) < 4.78 is 25.7. The molecule has 1 aliphatic rings. The van der Waals surface area contributed by atoms with Gasteiger partial charge in [0.15, 0.2) is 6.29 Å². The number of rotatable bonds is 4. The summed E-state index contributed by atoms with van der Waals surface area (Å²) >= 11 is 11.7. The van der Waals surface area contributed by atoms with E-state index in [2.05, 4.69) is 10.5 Å². The van der Waals surface area contributed by atoms with E-state index < -0.39 is 12.7 Å². The van der Waals surface area contributed by atoms with Crippen LogP contribution >= 0.6 is 23.2 Å². The summed E-state index contributed by atoms with van der Waals surface area (Å²) in [5.74, 6) is 0.0229. The van der Waals surface area contributed by atoms with Crippen molar-refractivity contribution in [3.8, 4) is 0 Å². The largest absolute Gasteiger partial charge is 0.318 e. The summed E-state index contributed by atoms with van der Waals surface area (Å²) in [4.78, 5) is 11.6. The maximum absolute atomic E-state index is 12.9. The fourth-order valence-electron chi connectivity index (χ4n) is 1.75. The highest BCUT2D eigenvalue weighted by Gasteiger charge is 2.37. The van der Waals surface area contributed by atoms with Gasteiger partial charge in [0.2, 0.25) is 6.17 Å². The van der Waals surface area contributed by atoms with Crippen LogP contribution in [0.5, 0.6) is 0 Å². The van der Waals surface area contributed by atoms with Crippen molar-refractivity contribution in [2.24, 2.45) is 5.10 Å². The van der Waals surface area contributed by atoms with Crippen molar-refractivity contribution in [3.05, 3.63) is 28.2 Å². The van der Waals surface area contributed by atoms with Gasteiger partial charge in [-0.2, -0.15) is 13.9 Å². The Balaban J connectivity index is 2.23. The van der Waals surface area contributed by atoms with Gasteiger partial charge in [0.25, 0.3) is 0 Å². The number of aldehydes is 1. The second kappa shape index (κ2) is 5.80. The molecule has 9 heteroatoms. The molecule has 0 saturated carbocycles. The molecule has 5 nitrogen and oxygen atoms in total. The minimum absolute atomic E-state index is 0.0229. The van der Waals surface area contributed by atoms with Crippen molar-refractivity contribution < 1.29 is 13.6 Å². The van der Waals surface area contributed by atoms with Crippen LogP contribution < -0.4 is 5.43 Å². The van der Waals surface area contributed by atoms with Crippen LogP contribution in [-0.2, 0) is 4.79 Å². The second-order valence-corrected chi connectivity index (χ2v) is 4.81. The molecule has 0 radical (unpaired) electrons. The molecular weight excluding hydrogens is 313 g/mol. The molecule has 1 N–H and O–H groups in total. The highest BCUT2D eigenvalue weighted by atomic mass is 35.5. The number of hydrogen-bond acceptors (Lipinski definition) is 5. The molecule has 1 atom stereocenters. The van der Waals surface area contributed by atoms with Crippen LogP contribution in [0, 0.1) is 0 Å². The average molecular weight is 323 g/mol. The first-order valence-corrected chi connectivity index (χ1v) is 6.27. The molecule has 0 bridgehead atoms. The summed E-state index contributed by atoms with van der Waals surface area (Å²) in [7, 11) is 0. The lowest BCUT2D eigenvalue weighted by Gasteiger charge is -2.27. The summed E-state index contributed by atoms with van der Waals surface area (Å²) in [6.07, 6.45) is -0.884. The molecule has 0 amide bonds. The fraction of sp³-hybridized carbons (Fsp3) is 0.273. The van der Waals surface area contributed by atoms with Crippen molar-refractivity contribution in [2.75, 3.05) is 5.43 Å². The molecule has 1 aromatic carbocycles. The highest BCUT2D eigenvalue weighted by molar-refractivity contribution is 6.36. The maximum Gasteiger partial charge on any atom is 0.318 e. The van der Waals surface area contributed by atoms with Crippen LogP contribution in [0.2, 0.25) is 10.0 Å². The van der Waals surface area contributed by atoms with Crippen molar-refractivity contribution in [3.63, 3.8) is 0 Å². The van der Waals surface area contributed by atoms with E-state index in [-0.39, 0.29) is 10.9 Å². The number of nitrogens with zero attached hydrogens (tertiary/aromatic N) is 3. The van der Waals surface area contributed by atoms with E-state index >= 15 is 0 Å². The van der Waals surface area contributed by atoms with Crippen LogP contribution in [0.3, 0.4) is 0 Å². The Labute approximate surface area is 123 Å². The molecule has 1 heterocycles. The van der Waals surface area contributed by atoms with Gasteiger partial charge in [-0.1, -0.05) is 23.2 Å². The number of hydrogen-bond donors (Lipinski definition) is 1. The van der Waals surface area contributed by atoms with E-state index in [9.17, 15) is 13.6 Å². The summed E-state index contributed by atoms with van der Waals surface area (Å²) in [5, 5.41) is 5.60. The van der Waals surface area contributed by atoms with E-state index in [1.807, 2.05) is 0 Å². The number of anilines is 1. The molecule has 0 saturated heterocycles. The highest BCUT2D eigenvalue weighted by Crippen LogP contribution is 2.28. The zero-order valence-corrected chi connectivity index (χ0v) is 11.7. The number of amidine groups is 1. The molecule has 1 aliphatic heterocycles. The monoisotopic (exact) mass is 322 g/mol. The van der Waals surface area contributed by atoms with Crippen molar-refractivity contribution in [2.45, 2.75) is 19.6 Å². The summed E-state index contributed by atoms with van der Waals surface area (Å²) in [6.45, 7) is -1.45. The molecule has 0 aliphatic carbocycles. The van der Waals surface area contributed by atoms with Gasteiger partial charge in [-0.3, -0.25) is 15.1 Å². The Bertz CT molecular complexity index is 555. The number of hydrazone groups is 1. The lowest BCUT2D eigenvalue weighted by molar-refractivity contribution is -0.120. The third-order valence-electron chi connectivity index (χ3n) is 2.66. The van der Waals surface area contributed by atoms with Gasteiger partial charge >= 0.3 is 6.55 Å². The summed E-state index contributed by atoms with van der Waals surface area (Å²) in [6, 6.07) is 4.62. The maximum atomic E-state index is 12.9. The van der Waals surface area contributed by atoms with Crippen molar-refractivity contribution in [1.29, 1.82) is 0 Å². The van der Waals surface area contributed by atoms with E-state index in [0.29, 0.717) is 21.9 Å². The van der Waals surface area contributed by atoms with Gasteiger partial charge in [-0.15, -0.1) is 5.10 Å². The normalized spacial score (nSPS) is 18.5. The van der Waals surface area contributed by atoms with E-state index in [1.54, 1.807) is 12.1 Å². The van der Waals surface area contributed by atoms with Gasteiger partial charge in [0.1, 0.15) is 5.84 Å². The van der Waals surface area contributed by atoms with Crippen LogP contribution in [0.25, 0.3) is 0 Å². The first kappa shape index (κ1) is 14.8. The fourth-order valence-corrected chi connectivity index (χ4v) is 2.20. The Morgan fingerprint density at radius 3 is 2.70 bits per heavy atom. The zero-order valence-electron chi connectivity index (χ0n) is 10.2. The first-order chi connectivity index (χ1) is 9.43. The minimum Gasteiger partial charge on any atom is -0.299 e. The molecule has 0 spiro atoms. The zero-order chi connectivity index (χ0) is 14.9. The molecule has 108 valence electrons. The lowest BCUT2D eigenvalue weighted by atomic mass is 10.3. The average Bonchev–Trinajstić information content (AvgIpc) is 2.68. The van der Waals surface area contributed by atoms with E-state index in [0.717, 1.165) is 5.12 Å². The quantitative estimate of drug-likeness (QED) is 0.683. The number of nitrogens with one attached hydrogen (secondary N) is 1. The van der Waals surface area contributed by atoms with Gasteiger partial charge in [0, 0.05) is 5.02 Å². The predicted molar refractivity (Wildman–Crippen MR) is 72.7 cm³/mol. The topological polar surface area (TPSA) is 47.9 Å². The number of carbonyl (C=O) groups excluding carboxylic acids is 1. The van der Waals surface area contributed by atoms with Crippen LogP contribution in [0.15, 0.2) is 23.3 Å². The number of alkyl halides is 2. The molecular formula is C11H10Cl2F2N4O. The standard InChI is InChI=1S/C11H10Cl2F2N4O/c1-6-16-19(10(5-20)18(6)11(14)15)17-9-3-2-7(12)4-8(9)13/h2-5,10-11,17H,1H3. The van der Waals surface area contributed by atoms with Crippen LogP contribution in [0.4, 0.5) is 14.5 Å². The van der Waals surface area contributed by atoms with Crippen molar-refractivity contribution in [1.82, 2.24) is 10.0 Å².